The van der Waals surface area contributed by atoms with Crippen LogP contribution >= 0.6 is 0 Å². The van der Waals surface area contributed by atoms with Gasteiger partial charge in [0.2, 0.25) is 0 Å². The van der Waals surface area contributed by atoms with Crippen LogP contribution in [0.3, 0.4) is 0 Å². The fourth-order valence-corrected chi connectivity index (χ4v) is 7.10. The van der Waals surface area contributed by atoms with Crippen LogP contribution in [-0.4, -0.2) is 19.9 Å². The second kappa shape index (κ2) is 7.92. The van der Waals surface area contributed by atoms with E-state index in [1.54, 1.807) is 0 Å². The number of rotatable bonds is 2. The third kappa shape index (κ3) is 3.09. The summed E-state index contributed by atoms with van der Waals surface area (Å²) in [4.78, 5) is 17.3. The van der Waals surface area contributed by atoms with E-state index in [2.05, 4.69) is 74.1 Å². The van der Waals surface area contributed by atoms with Crippen molar-refractivity contribution in [3.05, 3.63) is 81.7 Å². The number of aryl methyl sites for hydroxylation is 6. The van der Waals surface area contributed by atoms with E-state index in [0.29, 0.717) is 11.8 Å². The first-order chi connectivity index (χ1) is 18.5. The predicted octanol–water partition coefficient (Wildman–Crippen LogP) is 7.83. The van der Waals surface area contributed by atoms with Crippen molar-refractivity contribution >= 4 is 10.8 Å². The van der Waals surface area contributed by atoms with E-state index in [9.17, 15) is 0 Å². The lowest BCUT2D eigenvalue weighted by Crippen LogP contribution is -2.10. The molecule has 2 aromatic heterocycles. The predicted molar refractivity (Wildman–Crippen MR) is 155 cm³/mol. The molecule has 2 heterocycles. The van der Waals surface area contributed by atoms with Gasteiger partial charge in [0.05, 0.1) is 11.4 Å². The van der Waals surface area contributed by atoms with E-state index in [1.165, 1.54) is 78.1 Å². The molecule has 3 aliphatic rings. The summed E-state index contributed by atoms with van der Waals surface area (Å²) in [6, 6.07) is 14.5. The maximum Gasteiger partial charge on any atom is 0.109 e. The molecule has 0 atom stereocenters. The minimum atomic E-state index is 0.416. The second-order valence-corrected chi connectivity index (χ2v) is 12.2. The topological polar surface area (TPSA) is 57.4 Å². The highest BCUT2D eigenvalue weighted by Gasteiger charge is 2.28. The van der Waals surface area contributed by atoms with Gasteiger partial charge in [0.25, 0.3) is 0 Å². The quantitative estimate of drug-likeness (QED) is 0.261. The van der Waals surface area contributed by atoms with Crippen LogP contribution in [0.25, 0.3) is 44.4 Å². The van der Waals surface area contributed by atoms with Crippen molar-refractivity contribution in [2.75, 3.05) is 0 Å². The number of fused-ring (bicyclic) bond motifs is 12. The Hall–Kier alpha value is -3.66. The van der Waals surface area contributed by atoms with Gasteiger partial charge in [-0.1, -0.05) is 58.0 Å². The monoisotopic (exact) mass is 498 g/mol. The highest BCUT2D eigenvalue weighted by atomic mass is 15.0. The number of benzene rings is 3. The molecule has 8 rings (SSSR count). The molecule has 0 unspecified atom stereocenters. The third-order valence-electron chi connectivity index (χ3n) is 9.15. The van der Waals surface area contributed by atoms with Crippen molar-refractivity contribution < 1.29 is 0 Å². The average Bonchev–Trinajstić information content (AvgIpc) is 3.56. The molecule has 5 aromatic rings. The van der Waals surface area contributed by atoms with E-state index in [-0.39, 0.29) is 0 Å². The van der Waals surface area contributed by atoms with Gasteiger partial charge in [0.1, 0.15) is 11.6 Å². The maximum absolute atomic E-state index is 5.03. The number of hydrogen-bond donors (Lipinski definition) is 2. The molecular formula is C34H34N4. The number of hydrogen-bond acceptors (Lipinski definition) is 2. The summed E-state index contributed by atoms with van der Waals surface area (Å²) in [6.45, 7) is 8.85. The van der Waals surface area contributed by atoms with Crippen molar-refractivity contribution in [1.82, 2.24) is 19.9 Å². The fraction of sp³-hybridized carbons (Fsp3) is 0.353. The Morgan fingerprint density at radius 2 is 1.05 bits per heavy atom. The zero-order valence-corrected chi connectivity index (χ0v) is 22.8. The Balaban J connectivity index is 1.25. The zero-order valence-electron chi connectivity index (χ0n) is 22.8. The third-order valence-corrected chi connectivity index (χ3v) is 9.15. The van der Waals surface area contributed by atoms with Gasteiger partial charge >= 0.3 is 0 Å². The zero-order chi connectivity index (χ0) is 25.7. The molecule has 0 saturated carbocycles. The number of nitrogens with one attached hydrogen (secondary N) is 2. The normalized spacial score (nSPS) is 15.2. The first-order valence-corrected chi connectivity index (χ1v) is 14.4. The second-order valence-electron chi connectivity index (χ2n) is 12.2. The Bertz CT molecular complexity index is 1780. The van der Waals surface area contributed by atoms with Gasteiger partial charge < -0.3 is 9.97 Å². The minimum absolute atomic E-state index is 0.416. The van der Waals surface area contributed by atoms with Crippen LogP contribution in [0.4, 0.5) is 0 Å². The highest BCUT2D eigenvalue weighted by Crippen LogP contribution is 2.45. The average molecular weight is 499 g/mol. The summed E-state index contributed by atoms with van der Waals surface area (Å²) in [6.07, 6.45) is 6.42. The molecule has 2 N–H and O–H groups in total. The summed E-state index contributed by atoms with van der Waals surface area (Å²) in [7, 11) is 0. The molecule has 0 radical (unpaired) electrons. The smallest absolute Gasteiger partial charge is 0.109 e. The van der Waals surface area contributed by atoms with Crippen LogP contribution in [0.15, 0.2) is 36.4 Å². The summed E-state index contributed by atoms with van der Waals surface area (Å²) >= 11 is 0. The lowest BCUT2D eigenvalue weighted by atomic mass is 9.78. The summed E-state index contributed by atoms with van der Waals surface area (Å²) in [5.41, 5.74) is 16.4. The van der Waals surface area contributed by atoms with Crippen LogP contribution in [0, 0.1) is 0 Å². The van der Waals surface area contributed by atoms with Crippen molar-refractivity contribution in [2.24, 2.45) is 0 Å². The number of imidazole rings is 2. The van der Waals surface area contributed by atoms with Crippen molar-refractivity contribution in [3.63, 3.8) is 0 Å². The summed E-state index contributed by atoms with van der Waals surface area (Å²) in [5.74, 6) is 3.06. The Labute approximate surface area is 224 Å². The van der Waals surface area contributed by atoms with Crippen LogP contribution in [0.1, 0.15) is 84.8 Å². The SMILES string of the molecule is CC(C)c1nc2c([nH]1)CCc1cc3c(cc1-2)CCc1c-3ccc2c3c(ccc12)-c1nc(C(C)C)[nH]c1CC3. The van der Waals surface area contributed by atoms with E-state index in [0.717, 1.165) is 50.2 Å². The number of aromatic nitrogens is 4. The largest absolute Gasteiger partial charge is 0.345 e. The number of nitrogens with zero attached hydrogens (tertiary/aromatic N) is 2. The standard InChI is InChI=1S/C34H34N4/c1-17(2)33-36-30-14-12-24-23-8-9-25-21(22(23)10-11-26(24)31(30)37-33)7-5-19-16-28-20(15-27(19)25)6-13-29-32(28)38-34(35-29)18(3)4/h8-11,15-18H,5-7,12-14H2,1-4H3,(H,35,38)(H,36,37). The molecule has 3 aromatic carbocycles. The molecule has 0 bridgehead atoms. The van der Waals surface area contributed by atoms with Crippen molar-refractivity contribution in [1.29, 1.82) is 0 Å². The maximum atomic E-state index is 5.03. The molecule has 3 aliphatic carbocycles. The van der Waals surface area contributed by atoms with Gasteiger partial charge in [-0.25, -0.2) is 9.97 Å². The van der Waals surface area contributed by atoms with E-state index < -0.39 is 0 Å². The molecule has 190 valence electrons. The van der Waals surface area contributed by atoms with E-state index >= 15 is 0 Å². The van der Waals surface area contributed by atoms with Gasteiger partial charge in [-0.3, -0.25) is 0 Å². The lowest BCUT2D eigenvalue weighted by Gasteiger charge is -2.26. The van der Waals surface area contributed by atoms with Crippen LogP contribution < -0.4 is 0 Å². The molecule has 0 saturated heterocycles. The molecule has 4 nitrogen and oxygen atoms in total. The van der Waals surface area contributed by atoms with Gasteiger partial charge in [-0.05, 0) is 88.7 Å². The molecule has 38 heavy (non-hydrogen) atoms. The fourth-order valence-electron chi connectivity index (χ4n) is 7.10. The van der Waals surface area contributed by atoms with Gasteiger partial charge in [0.15, 0.2) is 0 Å². The molecule has 4 heteroatoms. The van der Waals surface area contributed by atoms with E-state index in [4.69, 9.17) is 9.97 Å². The van der Waals surface area contributed by atoms with Gasteiger partial charge in [-0.15, -0.1) is 0 Å². The minimum Gasteiger partial charge on any atom is -0.345 e. The van der Waals surface area contributed by atoms with Crippen molar-refractivity contribution in [2.45, 2.75) is 78.1 Å². The van der Waals surface area contributed by atoms with Crippen LogP contribution in [0.2, 0.25) is 0 Å². The van der Waals surface area contributed by atoms with Crippen molar-refractivity contribution in [3.8, 4) is 33.6 Å². The van der Waals surface area contributed by atoms with Crippen LogP contribution in [0.5, 0.6) is 0 Å². The molecule has 0 spiro atoms. The highest BCUT2D eigenvalue weighted by molar-refractivity contribution is 5.99. The van der Waals surface area contributed by atoms with Crippen LogP contribution in [-0.2, 0) is 38.5 Å². The Morgan fingerprint density at radius 3 is 1.74 bits per heavy atom. The molecule has 0 aliphatic heterocycles. The Kier molecular flexibility index (Phi) is 4.66. The molecular weight excluding hydrogens is 464 g/mol. The molecule has 0 fully saturated rings. The summed E-state index contributed by atoms with van der Waals surface area (Å²) < 4.78 is 0. The Morgan fingerprint density at radius 1 is 0.553 bits per heavy atom. The molecule has 0 amide bonds. The number of H-pyrrole nitrogens is 2. The number of aromatic amines is 2. The summed E-state index contributed by atoms with van der Waals surface area (Å²) in [5, 5.41) is 2.86. The van der Waals surface area contributed by atoms with Gasteiger partial charge in [-0.2, -0.15) is 0 Å². The first kappa shape index (κ1) is 22.3. The van der Waals surface area contributed by atoms with Gasteiger partial charge in [0, 0.05) is 34.4 Å². The van der Waals surface area contributed by atoms with E-state index in [1.807, 2.05) is 0 Å². The first-order valence-electron chi connectivity index (χ1n) is 14.4. The lowest BCUT2D eigenvalue weighted by molar-refractivity contribution is 0.787.